The summed E-state index contributed by atoms with van der Waals surface area (Å²) in [6.45, 7) is 5.32. The molecule has 1 aliphatic rings. The van der Waals surface area contributed by atoms with Gasteiger partial charge in [-0.3, -0.25) is 0 Å². The fraction of sp³-hybridized carbons (Fsp3) is 0.611. The van der Waals surface area contributed by atoms with Gasteiger partial charge in [0, 0.05) is 38.8 Å². The Morgan fingerprint density at radius 2 is 2.17 bits per heavy atom. The molecule has 0 aliphatic carbocycles. The number of piperidine rings is 1. The number of carbonyl (C=O) groups excluding carboxylic acids is 1. The van der Waals surface area contributed by atoms with Gasteiger partial charge >= 0.3 is 6.03 Å². The van der Waals surface area contributed by atoms with E-state index in [0.717, 1.165) is 32.5 Å². The molecule has 0 bridgehead atoms. The molecule has 2 rings (SSSR count). The Kier molecular flexibility index (Phi) is 6.86. The Balaban J connectivity index is 1.75. The Morgan fingerprint density at radius 3 is 2.87 bits per heavy atom. The quantitative estimate of drug-likeness (QED) is 0.842. The van der Waals surface area contributed by atoms with E-state index in [4.69, 9.17) is 0 Å². The molecule has 0 radical (unpaired) electrons. The van der Waals surface area contributed by atoms with Crippen molar-refractivity contribution in [3.8, 4) is 0 Å². The van der Waals surface area contributed by atoms with Gasteiger partial charge in [-0.05, 0) is 38.3 Å². The first-order valence-corrected chi connectivity index (χ1v) is 8.47. The Hall–Kier alpha value is -1.59. The van der Waals surface area contributed by atoms with Crippen LogP contribution in [0.1, 0.15) is 25.3 Å². The van der Waals surface area contributed by atoms with E-state index < -0.39 is 0 Å². The number of aliphatic hydroxyl groups excluding tert-OH is 1. The zero-order chi connectivity index (χ0) is 16.7. The SMILES string of the molecule is CC(CN(C)Cc1ccccc1)NC(=O)N1CCCC(CO)C1. The third-order valence-electron chi connectivity index (χ3n) is 4.32. The van der Waals surface area contributed by atoms with Crippen molar-refractivity contribution in [2.45, 2.75) is 32.4 Å². The molecule has 1 aliphatic heterocycles. The molecule has 1 fully saturated rings. The Morgan fingerprint density at radius 1 is 1.43 bits per heavy atom. The second-order valence-corrected chi connectivity index (χ2v) is 6.67. The summed E-state index contributed by atoms with van der Waals surface area (Å²) in [6, 6.07) is 10.4. The van der Waals surface area contributed by atoms with E-state index in [1.165, 1.54) is 5.56 Å². The third kappa shape index (κ3) is 5.84. The fourth-order valence-electron chi connectivity index (χ4n) is 3.17. The van der Waals surface area contributed by atoms with E-state index in [1.54, 1.807) is 0 Å². The fourth-order valence-corrected chi connectivity index (χ4v) is 3.17. The van der Waals surface area contributed by atoms with Gasteiger partial charge in [0.2, 0.25) is 0 Å². The van der Waals surface area contributed by atoms with Crippen molar-refractivity contribution >= 4 is 6.03 Å². The number of aliphatic hydroxyl groups is 1. The molecule has 2 atom stereocenters. The Bertz CT molecular complexity index is 480. The van der Waals surface area contributed by atoms with E-state index in [1.807, 2.05) is 30.0 Å². The predicted octanol–water partition coefficient (Wildman–Crippen LogP) is 1.92. The van der Waals surface area contributed by atoms with E-state index in [0.29, 0.717) is 6.54 Å². The van der Waals surface area contributed by atoms with E-state index in [-0.39, 0.29) is 24.6 Å². The monoisotopic (exact) mass is 319 g/mol. The number of benzene rings is 1. The molecule has 2 amide bonds. The molecule has 0 spiro atoms. The number of likely N-dealkylation sites (tertiary alicyclic amines) is 1. The number of nitrogens with zero attached hydrogens (tertiary/aromatic N) is 2. The van der Waals surface area contributed by atoms with Gasteiger partial charge in [0.1, 0.15) is 0 Å². The number of urea groups is 1. The van der Waals surface area contributed by atoms with Crippen molar-refractivity contribution < 1.29 is 9.90 Å². The van der Waals surface area contributed by atoms with Gasteiger partial charge in [-0.1, -0.05) is 30.3 Å². The van der Waals surface area contributed by atoms with Crippen molar-refractivity contribution in [3.05, 3.63) is 35.9 Å². The normalized spacial score (nSPS) is 19.7. The average Bonchev–Trinajstić information content (AvgIpc) is 2.55. The van der Waals surface area contributed by atoms with Crippen LogP contribution in [0, 0.1) is 5.92 Å². The highest BCUT2D eigenvalue weighted by molar-refractivity contribution is 5.74. The molecule has 2 unspecified atom stereocenters. The number of hydrogen-bond donors (Lipinski definition) is 2. The first-order valence-electron chi connectivity index (χ1n) is 8.47. The lowest BCUT2D eigenvalue weighted by atomic mass is 9.99. The first-order chi connectivity index (χ1) is 11.1. The molecule has 23 heavy (non-hydrogen) atoms. The second-order valence-electron chi connectivity index (χ2n) is 6.67. The molecule has 2 N–H and O–H groups in total. The minimum Gasteiger partial charge on any atom is -0.396 e. The van der Waals surface area contributed by atoms with Crippen molar-refractivity contribution in [2.24, 2.45) is 5.92 Å². The minimum absolute atomic E-state index is 0.0104. The zero-order valence-corrected chi connectivity index (χ0v) is 14.2. The van der Waals surface area contributed by atoms with Gasteiger partial charge in [0.25, 0.3) is 0 Å². The van der Waals surface area contributed by atoms with Crippen molar-refractivity contribution in [3.63, 3.8) is 0 Å². The maximum absolute atomic E-state index is 12.3. The summed E-state index contributed by atoms with van der Waals surface area (Å²) in [4.78, 5) is 16.4. The Labute approximate surface area is 139 Å². The smallest absolute Gasteiger partial charge is 0.317 e. The van der Waals surface area contributed by atoms with Crippen LogP contribution in [0.4, 0.5) is 4.79 Å². The number of nitrogens with one attached hydrogen (secondary N) is 1. The molecule has 0 saturated carbocycles. The summed E-state index contributed by atoms with van der Waals surface area (Å²) in [7, 11) is 2.07. The van der Waals surface area contributed by atoms with Crippen LogP contribution in [-0.2, 0) is 6.54 Å². The number of amides is 2. The van der Waals surface area contributed by atoms with Crippen molar-refractivity contribution in [1.82, 2.24) is 15.1 Å². The van der Waals surface area contributed by atoms with Gasteiger partial charge < -0.3 is 20.2 Å². The number of hydrogen-bond acceptors (Lipinski definition) is 3. The summed E-state index contributed by atoms with van der Waals surface area (Å²) >= 11 is 0. The van der Waals surface area contributed by atoms with Gasteiger partial charge in [0.05, 0.1) is 0 Å². The lowest BCUT2D eigenvalue weighted by Gasteiger charge is -2.33. The molecule has 1 aromatic rings. The highest BCUT2D eigenvalue weighted by atomic mass is 16.3. The summed E-state index contributed by atoms with van der Waals surface area (Å²) < 4.78 is 0. The molecule has 128 valence electrons. The van der Waals surface area contributed by atoms with E-state index in [2.05, 4.69) is 29.4 Å². The molecule has 1 aromatic carbocycles. The third-order valence-corrected chi connectivity index (χ3v) is 4.32. The standard InChI is InChI=1S/C18H29N3O2/c1-15(11-20(2)12-16-7-4-3-5-8-16)19-18(23)21-10-6-9-17(13-21)14-22/h3-5,7-8,15,17,22H,6,9-14H2,1-2H3,(H,19,23). The van der Waals surface area contributed by atoms with Gasteiger partial charge in [0.15, 0.2) is 0 Å². The topological polar surface area (TPSA) is 55.8 Å². The summed E-state index contributed by atoms with van der Waals surface area (Å²) in [6.07, 6.45) is 1.98. The van der Waals surface area contributed by atoms with Crippen LogP contribution in [0.15, 0.2) is 30.3 Å². The first kappa shape index (κ1) is 17.8. The van der Waals surface area contributed by atoms with Crippen LogP contribution in [0.2, 0.25) is 0 Å². The molecule has 1 saturated heterocycles. The van der Waals surface area contributed by atoms with E-state index in [9.17, 15) is 9.90 Å². The van der Waals surface area contributed by atoms with Gasteiger partial charge in [-0.25, -0.2) is 4.79 Å². The number of carbonyl (C=O) groups is 1. The molecule has 1 heterocycles. The highest BCUT2D eigenvalue weighted by Crippen LogP contribution is 2.15. The zero-order valence-electron chi connectivity index (χ0n) is 14.2. The second kappa shape index (κ2) is 8.89. The maximum Gasteiger partial charge on any atom is 0.317 e. The van der Waals surface area contributed by atoms with Gasteiger partial charge in [-0.15, -0.1) is 0 Å². The lowest BCUT2D eigenvalue weighted by molar-refractivity contribution is 0.127. The maximum atomic E-state index is 12.3. The summed E-state index contributed by atoms with van der Waals surface area (Å²) in [5, 5.41) is 12.3. The highest BCUT2D eigenvalue weighted by Gasteiger charge is 2.24. The minimum atomic E-state index is -0.0104. The van der Waals surface area contributed by atoms with Crippen LogP contribution in [0.25, 0.3) is 0 Å². The molecular formula is C18H29N3O2. The van der Waals surface area contributed by atoms with Crippen LogP contribution in [-0.4, -0.2) is 60.3 Å². The van der Waals surface area contributed by atoms with Crippen molar-refractivity contribution in [1.29, 1.82) is 0 Å². The van der Waals surface area contributed by atoms with Crippen LogP contribution >= 0.6 is 0 Å². The van der Waals surface area contributed by atoms with Crippen molar-refractivity contribution in [2.75, 3.05) is 33.3 Å². The van der Waals surface area contributed by atoms with E-state index >= 15 is 0 Å². The molecule has 0 aromatic heterocycles. The molecule has 5 heteroatoms. The molecule has 5 nitrogen and oxygen atoms in total. The average molecular weight is 319 g/mol. The lowest BCUT2D eigenvalue weighted by Crippen LogP contribution is -2.50. The van der Waals surface area contributed by atoms with Crippen LogP contribution in [0.5, 0.6) is 0 Å². The van der Waals surface area contributed by atoms with Crippen LogP contribution < -0.4 is 5.32 Å². The number of likely N-dealkylation sites (N-methyl/N-ethyl adjacent to an activating group) is 1. The predicted molar refractivity (Wildman–Crippen MR) is 92.2 cm³/mol. The summed E-state index contributed by atoms with van der Waals surface area (Å²) in [5.41, 5.74) is 1.27. The van der Waals surface area contributed by atoms with Gasteiger partial charge in [-0.2, -0.15) is 0 Å². The molecular weight excluding hydrogens is 290 g/mol. The number of rotatable bonds is 6. The summed E-state index contributed by atoms with van der Waals surface area (Å²) in [5.74, 6) is 0.227. The largest absolute Gasteiger partial charge is 0.396 e. The van der Waals surface area contributed by atoms with Crippen LogP contribution in [0.3, 0.4) is 0 Å².